The number of rotatable bonds is 7. The molecule has 1 aromatic rings. The number of nitrogens with one attached hydrogen (secondary N) is 2. The van der Waals surface area contributed by atoms with Crippen LogP contribution in [0.4, 0.5) is 0 Å². The lowest BCUT2D eigenvalue weighted by molar-refractivity contribution is 0.0241. The van der Waals surface area contributed by atoms with Gasteiger partial charge < -0.3 is 15.4 Å². The smallest absolute Gasteiger partial charge is 0.191 e. The Morgan fingerprint density at radius 3 is 2.67 bits per heavy atom. The minimum atomic E-state index is 0.0740. The third-order valence-corrected chi connectivity index (χ3v) is 3.20. The van der Waals surface area contributed by atoms with E-state index in [1.165, 1.54) is 0 Å². The van der Waals surface area contributed by atoms with Gasteiger partial charge in [0.25, 0.3) is 0 Å². The minimum absolute atomic E-state index is 0.0740. The van der Waals surface area contributed by atoms with E-state index in [4.69, 9.17) is 4.74 Å². The number of aromatic nitrogens is 2. The molecule has 0 saturated heterocycles. The van der Waals surface area contributed by atoms with Crippen LogP contribution >= 0.6 is 0 Å². The second-order valence-corrected chi connectivity index (χ2v) is 6.01. The van der Waals surface area contributed by atoms with E-state index in [9.17, 15) is 0 Å². The number of aliphatic imine (C=N–C) groups is 1. The zero-order chi connectivity index (χ0) is 15.7. The van der Waals surface area contributed by atoms with Gasteiger partial charge in [-0.3, -0.25) is 9.67 Å². The van der Waals surface area contributed by atoms with Crippen LogP contribution in [0.15, 0.2) is 23.5 Å². The molecule has 120 valence electrons. The molecule has 1 atom stereocenters. The number of guanidine groups is 1. The Kier molecular flexibility index (Phi) is 7.22. The highest BCUT2D eigenvalue weighted by Gasteiger charge is 2.23. The van der Waals surface area contributed by atoms with Crippen LogP contribution in [0.3, 0.4) is 0 Å². The Morgan fingerprint density at radius 1 is 1.38 bits per heavy atom. The van der Waals surface area contributed by atoms with Crippen molar-refractivity contribution in [3.05, 3.63) is 18.5 Å². The fraction of sp³-hybridized carbons (Fsp3) is 0.733. The number of hydrogen-bond acceptors (Lipinski definition) is 3. The SMILES string of the molecule is CCNC(=NCC(OC)C(C)(C)C)NCCn1cccn1. The molecule has 2 N–H and O–H groups in total. The predicted octanol–water partition coefficient (Wildman–Crippen LogP) is 1.50. The summed E-state index contributed by atoms with van der Waals surface area (Å²) in [5, 5.41) is 10.7. The van der Waals surface area contributed by atoms with Crippen molar-refractivity contribution in [2.75, 3.05) is 26.7 Å². The van der Waals surface area contributed by atoms with Crippen LogP contribution in [0, 0.1) is 5.41 Å². The number of methoxy groups -OCH3 is 1. The van der Waals surface area contributed by atoms with E-state index in [-0.39, 0.29) is 11.5 Å². The summed E-state index contributed by atoms with van der Waals surface area (Å²) in [6.45, 7) is 11.6. The molecule has 0 aromatic carbocycles. The maximum absolute atomic E-state index is 5.53. The Labute approximate surface area is 128 Å². The van der Waals surface area contributed by atoms with Gasteiger partial charge in [0.05, 0.1) is 19.2 Å². The summed E-state index contributed by atoms with van der Waals surface area (Å²) in [5.74, 6) is 0.816. The molecule has 6 nitrogen and oxygen atoms in total. The molecule has 0 radical (unpaired) electrons. The highest BCUT2D eigenvalue weighted by Crippen LogP contribution is 2.21. The maximum Gasteiger partial charge on any atom is 0.191 e. The third-order valence-electron chi connectivity index (χ3n) is 3.20. The van der Waals surface area contributed by atoms with Crippen LogP contribution in [0.25, 0.3) is 0 Å². The van der Waals surface area contributed by atoms with Crippen LogP contribution < -0.4 is 10.6 Å². The Balaban J connectivity index is 2.48. The first-order valence-electron chi connectivity index (χ1n) is 7.49. The molecule has 0 aliphatic rings. The van der Waals surface area contributed by atoms with Gasteiger partial charge in [-0.2, -0.15) is 5.10 Å². The number of ether oxygens (including phenoxy) is 1. The number of nitrogens with zero attached hydrogens (tertiary/aromatic N) is 3. The molecule has 0 bridgehead atoms. The summed E-state index contributed by atoms with van der Waals surface area (Å²) in [4.78, 5) is 4.61. The van der Waals surface area contributed by atoms with Gasteiger partial charge in [0.1, 0.15) is 0 Å². The summed E-state index contributed by atoms with van der Waals surface area (Å²) >= 11 is 0. The van der Waals surface area contributed by atoms with Crippen molar-refractivity contribution in [3.63, 3.8) is 0 Å². The molecule has 0 amide bonds. The minimum Gasteiger partial charge on any atom is -0.379 e. The van der Waals surface area contributed by atoms with Crippen LogP contribution in [0.1, 0.15) is 27.7 Å². The van der Waals surface area contributed by atoms with E-state index in [0.29, 0.717) is 6.54 Å². The van der Waals surface area contributed by atoms with E-state index in [0.717, 1.165) is 25.6 Å². The molecule has 1 aromatic heterocycles. The van der Waals surface area contributed by atoms with E-state index in [1.807, 2.05) is 16.9 Å². The Bertz CT molecular complexity index is 408. The predicted molar refractivity (Wildman–Crippen MR) is 86.5 cm³/mol. The lowest BCUT2D eigenvalue weighted by Crippen LogP contribution is -2.40. The normalized spacial score (nSPS) is 14.0. The molecule has 0 saturated carbocycles. The molecule has 6 heteroatoms. The van der Waals surface area contributed by atoms with Gasteiger partial charge in [0, 0.05) is 32.6 Å². The molecule has 1 rings (SSSR count). The van der Waals surface area contributed by atoms with Crippen LogP contribution in [0.2, 0.25) is 0 Å². The fourth-order valence-electron chi connectivity index (χ4n) is 1.94. The molecule has 0 spiro atoms. The standard InChI is InChI=1S/C15H29N5O/c1-6-16-14(17-9-11-20-10-7-8-19-20)18-12-13(21-5)15(2,3)4/h7-8,10,13H,6,9,11-12H2,1-5H3,(H2,16,17,18). The van der Waals surface area contributed by atoms with Crippen molar-refractivity contribution in [2.45, 2.75) is 40.3 Å². The van der Waals surface area contributed by atoms with Crippen molar-refractivity contribution in [1.29, 1.82) is 0 Å². The molecule has 0 aliphatic heterocycles. The topological polar surface area (TPSA) is 63.5 Å². The maximum atomic E-state index is 5.53. The van der Waals surface area contributed by atoms with Gasteiger partial charge in [-0.25, -0.2) is 0 Å². The molecular formula is C15H29N5O. The molecular weight excluding hydrogens is 266 g/mol. The number of hydrogen-bond donors (Lipinski definition) is 2. The van der Waals surface area contributed by atoms with Crippen molar-refractivity contribution < 1.29 is 4.74 Å². The van der Waals surface area contributed by atoms with E-state index in [1.54, 1.807) is 13.3 Å². The van der Waals surface area contributed by atoms with Crippen molar-refractivity contribution in [3.8, 4) is 0 Å². The van der Waals surface area contributed by atoms with Crippen molar-refractivity contribution in [2.24, 2.45) is 10.4 Å². The van der Waals surface area contributed by atoms with E-state index >= 15 is 0 Å². The quantitative estimate of drug-likeness (QED) is 0.591. The molecule has 21 heavy (non-hydrogen) atoms. The lowest BCUT2D eigenvalue weighted by atomic mass is 9.89. The van der Waals surface area contributed by atoms with Crippen LogP contribution in [-0.2, 0) is 11.3 Å². The Morgan fingerprint density at radius 2 is 2.14 bits per heavy atom. The first-order valence-corrected chi connectivity index (χ1v) is 7.49. The average Bonchev–Trinajstić information content (AvgIpc) is 2.91. The summed E-state index contributed by atoms with van der Waals surface area (Å²) in [6, 6.07) is 1.92. The van der Waals surface area contributed by atoms with Gasteiger partial charge >= 0.3 is 0 Å². The lowest BCUT2D eigenvalue weighted by Gasteiger charge is -2.28. The molecule has 0 aliphatic carbocycles. The zero-order valence-corrected chi connectivity index (χ0v) is 13.9. The van der Waals surface area contributed by atoms with Crippen LogP contribution in [0.5, 0.6) is 0 Å². The fourth-order valence-corrected chi connectivity index (χ4v) is 1.94. The molecule has 1 unspecified atom stereocenters. The van der Waals surface area contributed by atoms with E-state index < -0.39 is 0 Å². The first-order chi connectivity index (χ1) is 9.97. The zero-order valence-electron chi connectivity index (χ0n) is 13.9. The Hall–Kier alpha value is -1.56. The summed E-state index contributed by atoms with van der Waals surface area (Å²) in [6.07, 6.45) is 3.83. The van der Waals surface area contributed by atoms with Crippen molar-refractivity contribution in [1.82, 2.24) is 20.4 Å². The van der Waals surface area contributed by atoms with Gasteiger partial charge in [-0.15, -0.1) is 0 Å². The first kappa shape index (κ1) is 17.5. The summed E-state index contributed by atoms with van der Waals surface area (Å²) in [5.41, 5.74) is 0.0740. The van der Waals surface area contributed by atoms with Gasteiger partial charge in [0.15, 0.2) is 5.96 Å². The summed E-state index contributed by atoms with van der Waals surface area (Å²) in [7, 11) is 1.74. The van der Waals surface area contributed by atoms with Gasteiger partial charge in [-0.1, -0.05) is 20.8 Å². The highest BCUT2D eigenvalue weighted by atomic mass is 16.5. The largest absolute Gasteiger partial charge is 0.379 e. The average molecular weight is 295 g/mol. The highest BCUT2D eigenvalue weighted by molar-refractivity contribution is 5.79. The van der Waals surface area contributed by atoms with Crippen LogP contribution in [-0.4, -0.2) is 48.6 Å². The van der Waals surface area contributed by atoms with Gasteiger partial charge in [0.2, 0.25) is 0 Å². The monoisotopic (exact) mass is 295 g/mol. The van der Waals surface area contributed by atoms with Crippen molar-refractivity contribution >= 4 is 5.96 Å². The molecule has 0 fully saturated rings. The van der Waals surface area contributed by atoms with Gasteiger partial charge in [-0.05, 0) is 18.4 Å². The summed E-state index contributed by atoms with van der Waals surface area (Å²) < 4.78 is 7.42. The second-order valence-electron chi connectivity index (χ2n) is 6.01. The second kappa shape index (κ2) is 8.67. The third kappa shape index (κ3) is 6.62. The molecule has 1 heterocycles. The van der Waals surface area contributed by atoms with E-state index in [2.05, 4.69) is 48.4 Å².